The number of fused-ring (bicyclic) bond motifs is 1. The normalized spacial score (nSPS) is 36.5. The zero-order valence-electron chi connectivity index (χ0n) is 21.8. The minimum absolute atomic E-state index is 0.0408. The number of allylic oxidation sites excluding steroid dienone is 3. The lowest BCUT2D eigenvalue weighted by Gasteiger charge is -2.44. The third-order valence-corrected chi connectivity index (χ3v) is 9.24. The number of methoxy groups -OCH3 is 1. The number of rotatable bonds is 8. The van der Waals surface area contributed by atoms with Crippen LogP contribution in [0.4, 0.5) is 0 Å². The summed E-state index contributed by atoms with van der Waals surface area (Å²) >= 11 is 0. The molecule has 3 heteroatoms. The van der Waals surface area contributed by atoms with Gasteiger partial charge in [-0.15, -0.1) is 0 Å². The Morgan fingerprint density at radius 3 is 2.61 bits per heavy atom. The lowest BCUT2D eigenvalue weighted by Crippen LogP contribution is -2.36. The molecule has 0 aliphatic heterocycles. The average Bonchev–Trinajstić information content (AvgIpc) is 3.10. The molecule has 0 aromatic heterocycles. The van der Waals surface area contributed by atoms with Crippen molar-refractivity contribution in [1.29, 1.82) is 0 Å². The second kappa shape index (κ2) is 10.6. The van der Waals surface area contributed by atoms with E-state index in [0.717, 1.165) is 36.3 Å². The van der Waals surface area contributed by atoms with E-state index in [2.05, 4.69) is 39.2 Å². The van der Waals surface area contributed by atoms with E-state index in [0.29, 0.717) is 17.3 Å². The first-order valence-electron chi connectivity index (χ1n) is 13.1. The summed E-state index contributed by atoms with van der Waals surface area (Å²) < 4.78 is 5.66. The molecular formula is C30H48O3. The molecule has 33 heavy (non-hydrogen) atoms. The van der Waals surface area contributed by atoms with Crippen molar-refractivity contribution in [3.8, 4) is 0 Å². The van der Waals surface area contributed by atoms with E-state index < -0.39 is 5.60 Å². The van der Waals surface area contributed by atoms with E-state index in [-0.39, 0.29) is 18.6 Å². The van der Waals surface area contributed by atoms with Gasteiger partial charge in [-0.3, -0.25) is 0 Å². The second-order valence-electron chi connectivity index (χ2n) is 12.0. The van der Waals surface area contributed by atoms with Gasteiger partial charge in [0.1, 0.15) is 0 Å². The van der Waals surface area contributed by atoms with Gasteiger partial charge in [-0.2, -0.15) is 0 Å². The Morgan fingerprint density at radius 2 is 1.97 bits per heavy atom. The Hall–Kier alpha value is -1.16. The van der Waals surface area contributed by atoms with E-state index in [1.807, 2.05) is 13.8 Å². The van der Waals surface area contributed by atoms with E-state index in [4.69, 9.17) is 4.74 Å². The first-order valence-corrected chi connectivity index (χ1v) is 13.1. The summed E-state index contributed by atoms with van der Waals surface area (Å²) in [6.45, 7) is 17.3. The molecule has 3 nitrogen and oxygen atoms in total. The third-order valence-electron chi connectivity index (χ3n) is 9.24. The van der Waals surface area contributed by atoms with Crippen molar-refractivity contribution in [3.63, 3.8) is 0 Å². The van der Waals surface area contributed by atoms with Crippen LogP contribution >= 0.6 is 0 Å². The summed E-state index contributed by atoms with van der Waals surface area (Å²) in [6, 6.07) is 0. The average molecular weight is 457 g/mol. The molecule has 0 aromatic carbocycles. The SMILES string of the molecule is C=C1/C(=C/C=C2\CCC[C@]3(C)[C@@H]([C@H](C)CCCC(C)(C)O)CC[C@@H]23)C[C@@H](OC)C(=C)[C@@H]1CO. The molecule has 6 atom stereocenters. The molecule has 3 aliphatic carbocycles. The standard InChI is InChI=1S/C30H48O3/c1-20(10-8-16-29(4,5)32)26-14-15-27-23(11-9-17-30(26,27)6)12-13-24-18-28(33-7)22(3)25(19-31)21(24)2/h12-13,20,25-28,31-32H,2-3,8-11,14-19H2,1,4-7H3/b23-12+,24-13+/t20-,25-,26-,27+,28-,30-/m1/s1. The Morgan fingerprint density at radius 1 is 1.24 bits per heavy atom. The van der Waals surface area contributed by atoms with Crippen LogP contribution in [0.1, 0.15) is 85.5 Å². The maximum absolute atomic E-state index is 10.1. The zero-order valence-corrected chi connectivity index (χ0v) is 21.8. The number of aliphatic hydroxyl groups is 2. The van der Waals surface area contributed by atoms with Crippen LogP contribution in [0.5, 0.6) is 0 Å². The van der Waals surface area contributed by atoms with E-state index in [1.54, 1.807) is 12.7 Å². The van der Waals surface area contributed by atoms with Crippen LogP contribution in [-0.4, -0.2) is 35.6 Å². The van der Waals surface area contributed by atoms with Gasteiger partial charge < -0.3 is 14.9 Å². The summed E-state index contributed by atoms with van der Waals surface area (Å²) in [5.41, 5.74) is 4.57. The van der Waals surface area contributed by atoms with Crippen LogP contribution in [0.2, 0.25) is 0 Å². The molecule has 0 bridgehead atoms. The van der Waals surface area contributed by atoms with Crippen LogP contribution in [0.3, 0.4) is 0 Å². The molecule has 3 fully saturated rings. The van der Waals surface area contributed by atoms with Crippen molar-refractivity contribution in [3.05, 3.63) is 47.6 Å². The Bertz CT molecular complexity index is 783. The van der Waals surface area contributed by atoms with Crippen LogP contribution in [0.15, 0.2) is 47.6 Å². The Balaban J connectivity index is 1.74. The van der Waals surface area contributed by atoms with E-state index in [1.165, 1.54) is 44.1 Å². The van der Waals surface area contributed by atoms with Gasteiger partial charge >= 0.3 is 0 Å². The van der Waals surface area contributed by atoms with Gasteiger partial charge in [-0.05, 0) is 92.3 Å². The molecule has 0 amide bonds. The molecule has 0 unspecified atom stereocenters. The molecule has 0 saturated heterocycles. The summed E-state index contributed by atoms with van der Waals surface area (Å²) in [6.07, 6.45) is 15.0. The maximum atomic E-state index is 10.1. The van der Waals surface area contributed by atoms with Gasteiger partial charge in [0.2, 0.25) is 0 Å². The fourth-order valence-electron chi connectivity index (χ4n) is 7.25. The molecule has 3 aliphatic rings. The third kappa shape index (κ3) is 5.74. The molecular weight excluding hydrogens is 408 g/mol. The topological polar surface area (TPSA) is 49.7 Å². The number of hydrogen-bond donors (Lipinski definition) is 2. The summed E-state index contributed by atoms with van der Waals surface area (Å²) in [5, 5.41) is 20.0. The molecule has 3 rings (SSSR count). The summed E-state index contributed by atoms with van der Waals surface area (Å²) in [7, 11) is 1.72. The zero-order chi connectivity index (χ0) is 24.4. The molecule has 2 N–H and O–H groups in total. The highest BCUT2D eigenvalue weighted by Crippen LogP contribution is 2.60. The van der Waals surface area contributed by atoms with Gasteiger partial charge in [-0.1, -0.05) is 57.6 Å². The Labute approximate surface area is 202 Å². The highest BCUT2D eigenvalue weighted by molar-refractivity contribution is 5.44. The van der Waals surface area contributed by atoms with Crippen LogP contribution in [0, 0.1) is 29.1 Å². The van der Waals surface area contributed by atoms with Crippen molar-refractivity contribution < 1.29 is 14.9 Å². The lowest BCUT2D eigenvalue weighted by atomic mass is 9.60. The number of hydrogen-bond acceptors (Lipinski definition) is 3. The van der Waals surface area contributed by atoms with Gasteiger partial charge in [0, 0.05) is 19.4 Å². The van der Waals surface area contributed by atoms with E-state index >= 15 is 0 Å². The largest absolute Gasteiger partial charge is 0.395 e. The summed E-state index contributed by atoms with van der Waals surface area (Å²) in [4.78, 5) is 0. The van der Waals surface area contributed by atoms with Gasteiger partial charge in [0.25, 0.3) is 0 Å². The predicted octanol–water partition coefficient (Wildman–Crippen LogP) is 6.77. The molecule has 0 radical (unpaired) electrons. The highest BCUT2D eigenvalue weighted by atomic mass is 16.5. The lowest BCUT2D eigenvalue weighted by molar-refractivity contribution is 0.0596. The monoisotopic (exact) mass is 456 g/mol. The first kappa shape index (κ1) is 26.4. The minimum atomic E-state index is -0.553. The van der Waals surface area contributed by atoms with E-state index in [9.17, 15) is 10.2 Å². The number of aliphatic hydroxyl groups excluding tert-OH is 1. The number of ether oxygens (including phenoxy) is 1. The van der Waals surface area contributed by atoms with Gasteiger partial charge in [-0.25, -0.2) is 0 Å². The first-order chi connectivity index (χ1) is 15.5. The molecule has 0 aromatic rings. The van der Waals surface area contributed by atoms with Crippen LogP contribution in [0.25, 0.3) is 0 Å². The van der Waals surface area contributed by atoms with Gasteiger partial charge in [0.15, 0.2) is 0 Å². The van der Waals surface area contributed by atoms with Crippen molar-refractivity contribution in [2.45, 2.75) is 97.2 Å². The smallest absolute Gasteiger partial charge is 0.0825 e. The quantitative estimate of drug-likeness (QED) is 0.396. The molecule has 3 saturated carbocycles. The fraction of sp³-hybridized carbons (Fsp3) is 0.733. The molecule has 186 valence electrons. The second-order valence-corrected chi connectivity index (χ2v) is 12.0. The molecule has 0 heterocycles. The van der Waals surface area contributed by atoms with Crippen molar-refractivity contribution in [1.82, 2.24) is 0 Å². The van der Waals surface area contributed by atoms with Gasteiger partial charge in [0.05, 0.1) is 18.3 Å². The predicted molar refractivity (Wildman–Crippen MR) is 138 cm³/mol. The van der Waals surface area contributed by atoms with Crippen LogP contribution in [-0.2, 0) is 4.74 Å². The Kier molecular flexibility index (Phi) is 8.51. The van der Waals surface area contributed by atoms with Crippen molar-refractivity contribution >= 4 is 0 Å². The van der Waals surface area contributed by atoms with Crippen LogP contribution < -0.4 is 0 Å². The fourth-order valence-corrected chi connectivity index (χ4v) is 7.25. The summed E-state index contributed by atoms with van der Waals surface area (Å²) in [5.74, 6) is 2.04. The van der Waals surface area contributed by atoms with Crippen molar-refractivity contribution in [2.24, 2.45) is 29.1 Å². The molecule has 0 spiro atoms. The minimum Gasteiger partial charge on any atom is -0.395 e. The maximum Gasteiger partial charge on any atom is 0.0825 e. The van der Waals surface area contributed by atoms with Crippen molar-refractivity contribution in [2.75, 3.05) is 13.7 Å². The highest BCUT2D eigenvalue weighted by Gasteiger charge is 2.50.